The number of carbonyl (C=O) groups is 3. The van der Waals surface area contributed by atoms with Gasteiger partial charge in [-0.15, -0.1) is 0 Å². The number of benzene rings is 2. The van der Waals surface area contributed by atoms with E-state index in [0.29, 0.717) is 22.5 Å². The molecular formula is C33H54Br2FNO7. The molecule has 0 saturated carbocycles. The second-order valence-corrected chi connectivity index (χ2v) is 13.0. The summed E-state index contributed by atoms with van der Waals surface area (Å²) in [7, 11) is 7.50. The van der Waals surface area contributed by atoms with Crippen molar-refractivity contribution in [1.82, 2.24) is 0 Å². The molecule has 0 saturated heterocycles. The summed E-state index contributed by atoms with van der Waals surface area (Å²) in [5, 5.41) is 7.42. The Morgan fingerprint density at radius 3 is 1.20 bits per heavy atom. The van der Waals surface area contributed by atoms with Gasteiger partial charge < -0.3 is 24.5 Å². The van der Waals surface area contributed by atoms with E-state index in [1.165, 1.54) is 37.8 Å². The van der Waals surface area contributed by atoms with Gasteiger partial charge >= 0.3 is 11.9 Å². The van der Waals surface area contributed by atoms with Crippen molar-refractivity contribution in [3.63, 3.8) is 0 Å². The minimum absolute atomic E-state index is 0. The van der Waals surface area contributed by atoms with Crippen LogP contribution in [0.2, 0.25) is 0 Å². The lowest BCUT2D eigenvalue weighted by molar-refractivity contribution is -0.849. The number of carboxylic acids is 1. The molecule has 0 amide bonds. The summed E-state index contributed by atoms with van der Waals surface area (Å²) in [6.07, 6.45) is 3.35. The number of aliphatic carboxylic acids is 1. The van der Waals surface area contributed by atoms with Crippen LogP contribution in [-0.4, -0.2) is 68.3 Å². The van der Waals surface area contributed by atoms with Gasteiger partial charge in [-0.3, -0.25) is 18.8 Å². The fourth-order valence-corrected chi connectivity index (χ4v) is 5.40. The molecule has 2 N–H and O–H groups in total. The van der Waals surface area contributed by atoms with Crippen LogP contribution >= 0.6 is 31.9 Å². The molecule has 0 aromatic heterocycles. The summed E-state index contributed by atoms with van der Waals surface area (Å²) in [5.41, 5.74) is 4.77. The van der Waals surface area contributed by atoms with Crippen LogP contribution in [0.25, 0.3) is 0 Å². The number of hydrogen-bond acceptors (Lipinski definition) is 6. The van der Waals surface area contributed by atoms with Crippen molar-refractivity contribution in [1.29, 1.82) is 0 Å². The van der Waals surface area contributed by atoms with E-state index in [1.807, 2.05) is 24.3 Å². The van der Waals surface area contributed by atoms with Crippen LogP contribution < -0.4 is 0 Å². The molecular weight excluding hydrogens is 701 g/mol. The van der Waals surface area contributed by atoms with Crippen LogP contribution in [0.4, 0.5) is 4.39 Å². The Morgan fingerprint density at radius 1 is 0.750 bits per heavy atom. The quantitative estimate of drug-likeness (QED) is 0.184. The molecule has 0 aliphatic heterocycles. The smallest absolute Gasteiger partial charge is 0.303 e. The monoisotopic (exact) mass is 754 g/mol. The average molecular weight is 757 g/mol. The van der Waals surface area contributed by atoms with Crippen LogP contribution in [0.1, 0.15) is 107 Å². The highest BCUT2D eigenvalue weighted by atomic mass is 79.9. The molecule has 0 spiro atoms. The van der Waals surface area contributed by atoms with Crippen LogP contribution in [-0.2, 0) is 23.9 Å². The first-order chi connectivity index (χ1) is 19.5. The van der Waals surface area contributed by atoms with Gasteiger partial charge in [0.15, 0.2) is 0 Å². The van der Waals surface area contributed by atoms with E-state index in [0.717, 1.165) is 22.5 Å². The summed E-state index contributed by atoms with van der Waals surface area (Å²) in [6, 6.07) is 16.3. The predicted octanol–water partition coefficient (Wildman–Crippen LogP) is 9.14. The third kappa shape index (κ3) is 20.6. The van der Waals surface area contributed by atoms with E-state index in [9.17, 15) is 14.0 Å². The lowest BCUT2D eigenvalue weighted by Crippen LogP contribution is -2.27. The van der Waals surface area contributed by atoms with Crippen molar-refractivity contribution >= 4 is 49.8 Å². The molecule has 2 aromatic rings. The highest BCUT2D eigenvalue weighted by Gasteiger charge is 2.30. The van der Waals surface area contributed by atoms with E-state index in [1.54, 1.807) is 0 Å². The maximum Gasteiger partial charge on any atom is 0.303 e. The Morgan fingerprint density at radius 2 is 0.977 bits per heavy atom. The van der Waals surface area contributed by atoms with Crippen molar-refractivity contribution < 1.29 is 44.7 Å². The first kappa shape index (κ1) is 46.1. The van der Waals surface area contributed by atoms with Crippen molar-refractivity contribution in [3.8, 4) is 0 Å². The second kappa shape index (κ2) is 24.9. The van der Waals surface area contributed by atoms with Gasteiger partial charge in [0.1, 0.15) is 12.2 Å². The van der Waals surface area contributed by atoms with E-state index in [2.05, 4.69) is 84.3 Å². The van der Waals surface area contributed by atoms with E-state index < -0.39 is 13.1 Å². The number of hydrogen-bond donors (Lipinski definition) is 1. The first-order valence-corrected chi connectivity index (χ1v) is 15.0. The SMILES string of the molecule is BrC1CCC(Br)c2ccccc21.C.C.CC(=O)O.CC(=O)OC1CCC(OC(C)=O)c2ccccc21.C[N+](C)(C)C.[2H]CF.[OH-]. The molecule has 4 atom stereocenters. The summed E-state index contributed by atoms with van der Waals surface area (Å²) >= 11 is 7.39. The number of carbonyl (C=O) groups excluding carboxylic acids is 2. The highest BCUT2D eigenvalue weighted by molar-refractivity contribution is 9.09. The Balaban J connectivity index is -0.000000270. The van der Waals surface area contributed by atoms with Gasteiger partial charge in [0, 0.05) is 30.4 Å². The number of nitrogens with zero attached hydrogens (tertiary/aromatic N) is 1. The highest BCUT2D eigenvalue weighted by Crippen LogP contribution is 2.44. The summed E-state index contributed by atoms with van der Waals surface area (Å²) in [6.45, 7) is 3.89. The summed E-state index contributed by atoms with van der Waals surface area (Å²) in [4.78, 5) is 32.3. The van der Waals surface area contributed by atoms with Gasteiger partial charge in [-0.25, -0.2) is 0 Å². The number of esters is 2. The minimum atomic E-state index is -1.00. The molecule has 11 heteroatoms. The number of halogens is 3. The zero-order valence-electron chi connectivity index (χ0n) is 26.5. The second-order valence-electron chi connectivity index (χ2n) is 10.7. The van der Waals surface area contributed by atoms with Crippen molar-refractivity contribution in [3.05, 3.63) is 70.8 Å². The standard InChI is InChI=1S/C14H16O4.C10H10Br2.C4H12N.C2H4O2.CH3F.2CH4.H2O/c1-9(15)17-13-7-8-14(18-10(2)16)12-6-4-3-5-11(12)13;11-9-5-6-10(12)8-4-2-1-3-7(8)9;1-5(2,3)4;1-2(3)4;1-2;;;/h3-6,13-14H,7-8H2,1-2H3;1-4,9-10H,5-6H2;1-4H3;1H3,(H,3,4);1H3;2*1H4;1H2/q;;+1;;;;;/p-1/i;;;;1D;;;. The van der Waals surface area contributed by atoms with Gasteiger partial charge in [0.05, 0.1) is 36.7 Å². The molecule has 0 fully saturated rings. The molecule has 254 valence electrons. The third-order valence-electron chi connectivity index (χ3n) is 5.34. The number of quaternary nitrogens is 1. The van der Waals surface area contributed by atoms with Gasteiger partial charge in [-0.2, -0.15) is 0 Å². The number of fused-ring (bicyclic) bond motifs is 2. The maximum atomic E-state index is 11.1. The number of alkyl halides is 3. The van der Waals surface area contributed by atoms with E-state index in [4.69, 9.17) is 20.7 Å². The number of carboxylic acid groups (broad SMARTS) is 1. The summed E-state index contributed by atoms with van der Waals surface area (Å²) in [5.74, 6) is -1.42. The van der Waals surface area contributed by atoms with Gasteiger partial charge in [0.2, 0.25) is 0 Å². The lowest BCUT2D eigenvalue weighted by atomic mass is 9.87. The van der Waals surface area contributed by atoms with Crippen molar-refractivity contribution in [2.45, 2.75) is 83.2 Å². The Kier molecular flexibility index (Phi) is 26.1. The maximum absolute atomic E-state index is 11.1. The molecule has 44 heavy (non-hydrogen) atoms. The van der Waals surface area contributed by atoms with Crippen molar-refractivity contribution in [2.75, 3.05) is 35.3 Å². The molecule has 0 heterocycles. The number of rotatable bonds is 2. The van der Waals surface area contributed by atoms with Crippen LogP contribution in [0.5, 0.6) is 0 Å². The fourth-order valence-electron chi connectivity index (χ4n) is 4.04. The molecule has 4 unspecified atom stereocenters. The Hall–Kier alpha value is -2.34. The van der Waals surface area contributed by atoms with Crippen LogP contribution in [0.3, 0.4) is 0 Å². The summed E-state index contributed by atoms with van der Waals surface area (Å²) < 4.78 is 27.1. The fraction of sp³-hybridized carbons (Fsp3) is 0.545. The molecule has 2 aromatic carbocycles. The Labute approximate surface area is 282 Å². The zero-order chi connectivity index (χ0) is 32.5. The molecule has 2 aliphatic rings. The topological polar surface area (TPSA) is 120 Å². The number of ether oxygens (including phenoxy) is 2. The average Bonchev–Trinajstić information content (AvgIpc) is 2.87. The van der Waals surface area contributed by atoms with Gasteiger partial charge in [-0.1, -0.05) is 95.2 Å². The third-order valence-corrected chi connectivity index (χ3v) is 7.24. The minimum Gasteiger partial charge on any atom is -0.870 e. The molecule has 4 rings (SSSR count). The van der Waals surface area contributed by atoms with E-state index >= 15 is 0 Å². The molecule has 8 nitrogen and oxygen atoms in total. The van der Waals surface area contributed by atoms with Gasteiger partial charge in [0.25, 0.3) is 5.97 Å². The van der Waals surface area contributed by atoms with E-state index in [-0.39, 0.29) is 44.5 Å². The molecule has 2 aliphatic carbocycles. The van der Waals surface area contributed by atoms with Crippen LogP contribution in [0.15, 0.2) is 48.5 Å². The zero-order valence-corrected chi connectivity index (χ0v) is 28.7. The Bertz CT molecular complexity index is 1040. The molecule has 0 radical (unpaired) electrons. The largest absolute Gasteiger partial charge is 0.870 e. The van der Waals surface area contributed by atoms with Crippen LogP contribution in [0, 0.1) is 0 Å². The first-order valence-electron chi connectivity index (χ1n) is 13.9. The lowest BCUT2D eigenvalue weighted by Gasteiger charge is -2.30. The molecule has 0 bridgehead atoms. The van der Waals surface area contributed by atoms with Crippen molar-refractivity contribution in [2.24, 2.45) is 0 Å². The predicted molar refractivity (Wildman–Crippen MR) is 183 cm³/mol. The van der Waals surface area contributed by atoms with Gasteiger partial charge in [-0.05, 0) is 47.9 Å². The normalized spacial score (nSPS) is 19.0.